The van der Waals surface area contributed by atoms with Crippen molar-refractivity contribution in [2.24, 2.45) is 11.8 Å². The summed E-state index contributed by atoms with van der Waals surface area (Å²) in [5, 5.41) is 14.7. The first-order valence-corrected chi connectivity index (χ1v) is 9.70. The molecule has 0 spiro atoms. The number of likely N-dealkylation sites (tertiary alicyclic amines) is 1. The van der Waals surface area contributed by atoms with Crippen molar-refractivity contribution >= 4 is 5.91 Å². The molecule has 7 nitrogen and oxygen atoms in total. The second-order valence-electron chi connectivity index (χ2n) is 8.41. The van der Waals surface area contributed by atoms with Crippen LogP contribution in [0.15, 0.2) is 6.07 Å². The van der Waals surface area contributed by atoms with Gasteiger partial charge in [-0.15, -0.1) is 0 Å². The largest absolute Gasteiger partial charge is 0.336 e. The van der Waals surface area contributed by atoms with Gasteiger partial charge in [0, 0.05) is 30.6 Å². The molecule has 1 saturated carbocycles. The van der Waals surface area contributed by atoms with Crippen molar-refractivity contribution in [3.63, 3.8) is 0 Å². The van der Waals surface area contributed by atoms with Crippen LogP contribution < -0.4 is 0 Å². The van der Waals surface area contributed by atoms with Gasteiger partial charge in [-0.2, -0.15) is 10.2 Å². The molecule has 0 aromatic carbocycles. The molecule has 2 aliphatic rings. The van der Waals surface area contributed by atoms with Gasteiger partial charge in [-0.1, -0.05) is 27.7 Å². The Morgan fingerprint density at radius 3 is 2.46 bits per heavy atom. The van der Waals surface area contributed by atoms with Crippen LogP contribution >= 0.6 is 0 Å². The fourth-order valence-electron chi connectivity index (χ4n) is 3.90. The molecule has 1 aliphatic heterocycles. The molecule has 0 radical (unpaired) electrons. The summed E-state index contributed by atoms with van der Waals surface area (Å²) in [6.45, 7) is 9.85. The summed E-state index contributed by atoms with van der Waals surface area (Å²) in [6.07, 6.45) is 2.52. The quantitative estimate of drug-likeness (QED) is 0.861. The van der Waals surface area contributed by atoms with E-state index >= 15 is 0 Å². The predicted molar refractivity (Wildman–Crippen MR) is 98.0 cm³/mol. The molecule has 140 valence electrons. The Kier molecular flexibility index (Phi) is 4.32. The first-order valence-electron chi connectivity index (χ1n) is 9.70. The molecular formula is C19H28N6O. The lowest BCUT2D eigenvalue weighted by molar-refractivity contribution is 0.0779. The number of hydrogen-bond donors (Lipinski definition) is 2. The number of rotatable bonds is 5. The van der Waals surface area contributed by atoms with E-state index in [4.69, 9.17) is 4.98 Å². The minimum absolute atomic E-state index is 0.0184. The van der Waals surface area contributed by atoms with Crippen LogP contribution in [0, 0.1) is 11.8 Å². The van der Waals surface area contributed by atoms with Crippen LogP contribution in [0.5, 0.6) is 0 Å². The highest BCUT2D eigenvalue weighted by Crippen LogP contribution is 2.47. The molecule has 1 aliphatic carbocycles. The second-order valence-corrected chi connectivity index (χ2v) is 8.41. The smallest absolute Gasteiger partial charge is 0.274 e. The summed E-state index contributed by atoms with van der Waals surface area (Å²) in [5.41, 5.74) is 1.52. The Hall–Kier alpha value is -2.18. The monoisotopic (exact) mass is 356 g/mol. The summed E-state index contributed by atoms with van der Waals surface area (Å²) in [4.78, 5) is 19.6. The SMILES string of the molecule is CC(C)c1n[nH]c([C@H]2CN(C(=O)c3cc(C(C)C)[nH]n3)C[C@@H]2C2CC2)n1. The van der Waals surface area contributed by atoms with Crippen LogP contribution in [0.4, 0.5) is 0 Å². The van der Waals surface area contributed by atoms with Gasteiger partial charge in [-0.25, -0.2) is 4.98 Å². The van der Waals surface area contributed by atoms with Crippen molar-refractivity contribution in [1.29, 1.82) is 0 Å². The first-order chi connectivity index (χ1) is 12.4. The maximum atomic E-state index is 13.0. The van der Waals surface area contributed by atoms with Crippen LogP contribution in [0.3, 0.4) is 0 Å². The van der Waals surface area contributed by atoms with Gasteiger partial charge in [-0.3, -0.25) is 15.0 Å². The van der Waals surface area contributed by atoms with Gasteiger partial charge in [-0.05, 0) is 36.7 Å². The number of carbonyl (C=O) groups excluding carboxylic acids is 1. The van der Waals surface area contributed by atoms with E-state index in [2.05, 4.69) is 48.1 Å². The number of hydrogen-bond acceptors (Lipinski definition) is 4. The highest BCUT2D eigenvalue weighted by Gasteiger charge is 2.46. The Labute approximate surface area is 154 Å². The molecule has 0 bridgehead atoms. The van der Waals surface area contributed by atoms with E-state index in [1.807, 2.05) is 11.0 Å². The van der Waals surface area contributed by atoms with E-state index < -0.39 is 0 Å². The third-order valence-corrected chi connectivity index (χ3v) is 5.71. The van der Waals surface area contributed by atoms with Crippen LogP contribution in [-0.4, -0.2) is 49.3 Å². The second kappa shape index (κ2) is 6.52. The van der Waals surface area contributed by atoms with Crippen molar-refractivity contribution in [2.75, 3.05) is 13.1 Å². The number of H-pyrrole nitrogens is 2. The van der Waals surface area contributed by atoms with Crippen LogP contribution in [-0.2, 0) is 0 Å². The zero-order valence-corrected chi connectivity index (χ0v) is 16.0. The van der Waals surface area contributed by atoms with Gasteiger partial charge >= 0.3 is 0 Å². The minimum Gasteiger partial charge on any atom is -0.336 e. The fraction of sp³-hybridized carbons (Fsp3) is 0.684. The molecule has 2 fully saturated rings. The van der Waals surface area contributed by atoms with E-state index in [0.717, 1.165) is 23.9 Å². The Morgan fingerprint density at radius 1 is 1.12 bits per heavy atom. The van der Waals surface area contributed by atoms with Crippen molar-refractivity contribution in [3.8, 4) is 0 Å². The van der Waals surface area contributed by atoms with E-state index in [0.29, 0.717) is 35.9 Å². The number of nitrogens with one attached hydrogen (secondary N) is 2. The van der Waals surface area contributed by atoms with Crippen molar-refractivity contribution in [3.05, 3.63) is 29.1 Å². The van der Waals surface area contributed by atoms with E-state index in [9.17, 15) is 4.79 Å². The zero-order chi connectivity index (χ0) is 18.4. The Bertz CT molecular complexity index is 788. The number of nitrogens with zero attached hydrogens (tertiary/aromatic N) is 4. The Morgan fingerprint density at radius 2 is 1.88 bits per heavy atom. The van der Waals surface area contributed by atoms with E-state index in [-0.39, 0.29) is 11.8 Å². The van der Waals surface area contributed by atoms with Crippen molar-refractivity contribution in [1.82, 2.24) is 30.3 Å². The molecule has 2 aromatic heterocycles. The summed E-state index contributed by atoms with van der Waals surface area (Å²) in [5.74, 6) is 3.86. The van der Waals surface area contributed by atoms with Gasteiger partial charge < -0.3 is 4.90 Å². The Balaban J connectivity index is 1.54. The highest BCUT2D eigenvalue weighted by atomic mass is 16.2. The molecule has 2 aromatic rings. The summed E-state index contributed by atoms with van der Waals surface area (Å²) in [7, 11) is 0. The average Bonchev–Trinajstić information content (AvgIpc) is 3.08. The zero-order valence-electron chi connectivity index (χ0n) is 16.0. The molecule has 2 N–H and O–H groups in total. The average molecular weight is 356 g/mol. The fourth-order valence-corrected chi connectivity index (χ4v) is 3.90. The molecule has 2 atom stereocenters. The number of carbonyl (C=O) groups is 1. The molecule has 1 saturated heterocycles. The van der Waals surface area contributed by atoms with Gasteiger partial charge in [0.25, 0.3) is 5.91 Å². The first kappa shape index (κ1) is 17.2. The van der Waals surface area contributed by atoms with Gasteiger partial charge in [0.2, 0.25) is 0 Å². The third-order valence-electron chi connectivity index (χ3n) is 5.71. The lowest BCUT2D eigenvalue weighted by Gasteiger charge is -2.14. The third kappa shape index (κ3) is 3.15. The number of aromatic amines is 2. The molecule has 7 heteroatoms. The lowest BCUT2D eigenvalue weighted by atomic mass is 9.91. The van der Waals surface area contributed by atoms with Crippen molar-refractivity contribution in [2.45, 2.75) is 58.3 Å². The molecule has 1 amide bonds. The predicted octanol–water partition coefficient (Wildman–Crippen LogP) is 3.04. The van der Waals surface area contributed by atoms with Gasteiger partial charge in [0.1, 0.15) is 11.5 Å². The number of aromatic nitrogens is 5. The molecule has 0 unspecified atom stereocenters. The summed E-state index contributed by atoms with van der Waals surface area (Å²) in [6, 6.07) is 1.89. The summed E-state index contributed by atoms with van der Waals surface area (Å²) >= 11 is 0. The maximum absolute atomic E-state index is 13.0. The van der Waals surface area contributed by atoms with E-state index in [1.165, 1.54) is 12.8 Å². The van der Waals surface area contributed by atoms with Crippen LogP contribution in [0.2, 0.25) is 0 Å². The lowest BCUT2D eigenvalue weighted by Crippen LogP contribution is -2.29. The molecular weight excluding hydrogens is 328 g/mol. The maximum Gasteiger partial charge on any atom is 0.274 e. The topological polar surface area (TPSA) is 90.6 Å². The highest BCUT2D eigenvalue weighted by molar-refractivity contribution is 5.92. The van der Waals surface area contributed by atoms with Gasteiger partial charge in [0.05, 0.1) is 0 Å². The standard InChI is InChI=1S/C19H28N6O/c1-10(2)15-7-16(22-21-15)19(26)25-8-13(12-5-6-12)14(9-25)18-20-17(11(3)4)23-24-18/h7,10-14H,5-6,8-9H2,1-4H3,(H,21,22)(H,20,23,24)/t13-,14+/m1/s1. The normalized spacial score (nSPS) is 23.4. The van der Waals surface area contributed by atoms with Gasteiger partial charge in [0.15, 0.2) is 5.82 Å². The summed E-state index contributed by atoms with van der Waals surface area (Å²) < 4.78 is 0. The van der Waals surface area contributed by atoms with E-state index in [1.54, 1.807) is 0 Å². The van der Waals surface area contributed by atoms with Crippen molar-refractivity contribution < 1.29 is 4.79 Å². The number of amides is 1. The minimum atomic E-state index is 0.0184. The molecule has 4 rings (SSSR count). The molecule has 3 heterocycles. The van der Waals surface area contributed by atoms with Crippen LogP contribution in [0.1, 0.15) is 86.1 Å². The van der Waals surface area contributed by atoms with Crippen LogP contribution in [0.25, 0.3) is 0 Å². The molecule has 26 heavy (non-hydrogen) atoms.